The molecule has 120 valence electrons. The van der Waals surface area contributed by atoms with Gasteiger partial charge in [-0.1, -0.05) is 30.3 Å². The first kappa shape index (κ1) is 15.9. The summed E-state index contributed by atoms with van der Waals surface area (Å²) < 4.78 is 5.17. The third kappa shape index (κ3) is 4.06. The molecule has 0 radical (unpaired) electrons. The zero-order chi connectivity index (χ0) is 16.1. The second kappa shape index (κ2) is 7.53. The van der Waals surface area contributed by atoms with Gasteiger partial charge in [0.2, 0.25) is 0 Å². The fraction of sp³-hybridized carbons (Fsp3) is 0.333. The molecule has 0 aliphatic rings. The van der Waals surface area contributed by atoms with Crippen molar-refractivity contribution in [3.8, 4) is 0 Å². The Labute approximate surface area is 140 Å². The van der Waals surface area contributed by atoms with E-state index in [1.807, 2.05) is 0 Å². The van der Waals surface area contributed by atoms with Crippen LogP contribution in [-0.2, 0) is 17.8 Å². The zero-order valence-electron chi connectivity index (χ0n) is 13.5. The second-order valence-corrected chi connectivity index (χ2v) is 6.75. The molecule has 0 spiro atoms. The molecular weight excluding hydrogens is 306 g/mol. The summed E-state index contributed by atoms with van der Waals surface area (Å²) in [6.45, 7) is 3.43. The average molecular weight is 327 g/mol. The van der Waals surface area contributed by atoms with E-state index in [1.54, 1.807) is 18.4 Å². The lowest BCUT2D eigenvalue weighted by Crippen LogP contribution is -2.07. The van der Waals surface area contributed by atoms with Crippen molar-refractivity contribution in [3.63, 3.8) is 0 Å². The first-order chi connectivity index (χ1) is 11.3. The van der Waals surface area contributed by atoms with Crippen LogP contribution in [0.25, 0.3) is 10.2 Å². The molecule has 5 heteroatoms. The van der Waals surface area contributed by atoms with Crippen molar-refractivity contribution in [2.24, 2.45) is 0 Å². The summed E-state index contributed by atoms with van der Waals surface area (Å²) in [5.41, 5.74) is 1.37. The molecule has 0 aliphatic carbocycles. The Balaban J connectivity index is 1.68. The van der Waals surface area contributed by atoms with Crippen molar-refractivity contribution in [2.45, 2.75) is 26.4 Å². The van der Waals surface area contributed by atoms with Gasteiger partial charge in [0.25, 0.3) is 0 Å². The molecular formula is C18H21N3OS. The first-order valence-electron chi connectivity index (χ1n) is 7.80. The largest absolute Gasteiger partial charge is 0.377 e. The van der Waals surface area contributed by atoms with Crippen molar-refractivity contribution in [2.75, 3.05) is 19.0 Å². The van der Waals surface area contributed by atoms with E-state index in [-0.39, 0.29) is 0 Å². The first-order valence-corrected chi connectivity index (χ1v) is 8.61. The molecule has 0 amide bonds. The minimum absolute atomic E-state index is 0.436. The third-order valence-electron chi connectivity index (χ3n) is 3.61. The summed E-state index contributed by atoms with van der Waals surface area (Å²) >= 11 is 1.70. The lowest BCUT2D eigenvalue weighted by atomic mass is 10.1. The fourth-order valence-corrected chi connectivity index (χ4v) is 3.46. The van der Waals surface area contributed by atoms with Gasteiger partial charge in [0, 0.05) is 18.5 Å². The molecule has 0 atom stereocenters. The van der Waals surface area contributed by atoms with Crippen LogP contribution in [0.2, 0.25) is 0 Å². The molecule has 0 saturated heterocycles. The molecule has 0 bridgehead atoms. The lowest BCUT2D eigenvalue weighted by molar-refractivity contribution is 0.178. The highest BCUT2D eigenvalue weighted by Gasteiger charge is 2.10. The molecule has 3 rings (SSSR count). The van der Waals surface area contributed by atoms with Crippen LogP contribution in [0.15, 0.2) is 36.4 Å². The summed E-state index contributed by atoms with van der Waals surface area (Å²) in [5.74, 6) is 1.65. The number of hydrogen-bond donors (Lipinski definition) is 1. The number of hydrogen-bond acceptors (Lipinski definition) is 5. The van der Waals surface area contributed by atoms with E-state index in [0.717, 1.165) is 41.2 Å². The molecule has 0 saturated carbocycles. The Morgan fingerprint density at radius 1 is 1.17 bits per heavy atom. The van der Waals surface area contributed by atoms with Gasteiger partial charge in [0.1, 0.15) is 17.3 Å². The number of methoxy groups -OCH3 is 1. The van der Waals surface area contributed by atoms with Gasteiger partial charge in [0.05, 0.1) is 5.39 Å². The number of aryl methyl sites for hydroxylation is 2. The summed E-state index contributed by atoms with van der Waals surface area (Å²) in [7, 11) is 1.67. The topological polar surface area (TPSA) is 47.0 Å². The van der Waals surface area contributed by atoms with Gasteiger partial charge in [-0.15, -0.1) is 11.3 Å². The van der Waals surface area contributed by atoms with Crippen LogP contribution in [-0.4, -0.2) is 23.6 Å². The monoisotopic (exact) mass is 327 g/mol. The molecule has 2 aromatic heterocycles. The van der Waals surface area contributed by atoms with Gasteiger partial charge >= 0.3 is 0 Å². The fourth-order valence-electron chi connectivity index (χ4n) is 2.56. The van der Waals surface area contributed by atoms with Crippen LogP contribution in [0.1, 0.15) is 22.7 Å². The van der Waals surface area contributed by atoms with Crippen LogP contribution < -0.4 is 5.32 Å². The van der Waals surface area contributed by atoms with E-state index in [9.17, 15) is 0 Å². The highest BCUT2D eigenvalue weighted by Crippen LogP contribution is 2.28. The minimum Gasteiger partial charge on any atom is -0.377 e. The van der Waals surface area contributed by atoms with Crippen LogP contribution in [0, 0.1) is 6.92 Å². The molecule has 0 fully saturated rings. The number of fused-ring (bicyclic) bond motifs is 1. The van der Waals surface area contributed by atoms with Gasteiger partial charge in [-0.3, -0.25) is 0 Å². The zero-order valence-corrected chi connectivity index (χ0v) is 14.3. The van der Waals surface area contributed by atoms with Crippen LogP contribution in [0.4, 0.5) is 5.82 Å². The van der Waals surface area contributed by atoms with Crippen LogP contribution in [0.3, 0.4) is 0 Å². The van der Waals surface area contributed by atoms with Crippen molar-refractivity contribution in [1.29, 1.82) is 0 Å². The lowest BCUT2D eigenvalue weighted by Gasteiger charge is -2.08. The molecule has 0 aliphatic heterocycles. The molecule has 2 heterocycles. The van der Waals surface area contributed by atoms with Crippen LogP contribution >= 0.6 is 11.3 Å². The minimum atomic E-state index is 0.436. The Kier molecular flexibility index (Phi) is 5.20. The maximum Gasteiger partial charge on any atom is 0.158 e. The van der Waals surface area contributed by atoms with Gasteiger partial charge in [0.15, 0.2) is 5.82 Å². The van der Waals surface area contributed by atoms with Crippen molar-refractivity contribution in [3.05, 3.63) is 52.7 Å². The number of aromatic nitrogens is 2. The van der Waals surface area contributed by atoms with E-state index in [0.29, 0.717) is 6.61 Å². The van der Waals surface area contributed by atoms with E-state index < -0.39 is 0 Å². The van der Waals surface area contributed by atoms with E-state index in [2.05, 4.69) is 58.6 Å². The van der Waals surface area contributed by atoms with Gasteiger partial charge in [-0.2, -0.15) is 0 Å². The van der Waals surface area contributed by atoms with Gasteiger partial charge in [-0.25, -0.2) is 9.97 Å². The van der Waals surface area contributed by atoms with Gasteiger partial charge < -0.3 is 10.1 Å². The number of benzene rings is 1. The quantitative estimate of drug-likeness (QED) is 0.661. The van der Waals surface area contributed by atoms with E-state index in [1.165, 1.54) is 10.4 Å². The Morgan fingerprint density at radius 3 is 2.78 bits per heavy atom. The predicted octanol–water partition coefficient (Wildman–Crippen LogP) is 4.19. The van der Waals surface area contributed by atoms with Crippen molar-refractivity contribution in [1.82, 2.24) is 9.97 Å². The summed E-state index contributed by atoms with van der Waals surface area (Å²) in [5, 5.41) is 4.57. The Hall–Kier alpha value is -1.98. The molecule has 1 aromatic carbocycles. The highest BCUT2D eigenvalue weighted by atomic mass is 32.1. The highest BCUT2D eigenvalue weighted by molar-refractivity contribution is 7.18. The summed E-state index contributed by atoms with van der Waals surface area (Å²) in [6, 6.07) is 12.7. The second-order valence-electron chi connectivity index (χ2n) is 5.51. The smallest absolute Gasteiger partial charge is 0.158 e. The van der Waals surface area contributed by atoms with Crippen molar-refractivity contribution >= 4 is 27.4 Å². The average Bonchev–Trinajstić information content (AvgIpc) is 2.93. The van der Waals surface area contributed by atoms with E-state index in [4.69, 9.17) is 4.74 Å². The number of rotatable bonds is 7. The van der Waals surface area contributed by atoms with Crippen molar-refractivity contribution < 1.29 is 4.74 Å². The summed E-state index contributed by atoms with van der Waals surface area (Å²) in [4.78, 5) is 11.4. The Bertz CT molecular complexity index is 771. The molecule has 23 heavy (non-hydrogen) atoms. The maximum absolute atomic E-state index is 5.17. The summed E-state index contributed by atoms with van der Waals surface area (Å²) in [6.07, 6.45) is 2.13. The SMILES string of the molecule is COCc1nc(NCCCc2ccccc2)c2cc(C)sc2n1. The number of nitrogens with zero attached hydrogens (tertiary/aromatic N) is 2. The number of thiophene rings is 1. The number of nitrogens with one attached hydrogen (secondary N) is 1. The molecule has 0 unspecified atom stereocenters. The molecule has 1 N–H and O–H groups in total. The third-order valence-corrected chi connectivity index (χ3v) is 4.56. The van der Waals surface area contributed by atoms with E-state index >= 15 is 0 Å². The molecule has 3 aromatic rings. The standard InChI is InChI=1S/C18H21N3OS/c1-13-11-15-17(20-16(12-22-2)21-18(15)23-13)19-10-6-9-14-7-4-3-5-8-14/h3-5,7-8,11H,6,9-10,12H2,1-2H3,(H,19,20,21). The Morgan fingerprint density at radius 2 is 2.00 bits per heavy atom. The normalized spacial score (nSPS) is 11.0. The van der Waals surface area contributed by atoms with Gasteiger partial charge in [-0.05, 0) is 31.4 Å². The molecule has 4 nitrogen and oxygen atoms in total. The maximum atomic E-state index is 5.17. The number of anilines is 1. The number of ether oxygens (including phenoxy) is 1. The van der Waals surface area contributed by atoms with Crippen LogP contribution in [0.5, 0.6) is 0 Å². The predicted molar refractivity (Wildman–Crippen MR) is 96.1 cm³/mol.